The van der Waals surface area contributed by atoms with Crippen LogP contribution in [-0.2, 0) is 11.3 Å². The molecule has 0 saturated carbocycles. The summed E-state index contributed by atoms with van der Waals surface area (Å²) in [4.78, 5) is 26.4. The number of nitrogens with zero attached hydrogens (tertiary/aromatic N) is 1. The van der Waals surface area contributed by atoms with Gasteiger partial charge < -0.3 is 24.8 Å². The van der Waals surface area contributed by atoms with Crippen LogP contribution in [0.25, 0.3) is 11.1 Å². The molecule has 2 amide bonds. The summed E-state index contributed by atoms with van der Waals surface area (Å²) < 4.78 is 10.0. The summed E-state index contributed by atoms with van der Waals surface area (Å²) in [5.41, 5.74) is 4.07. The third-order valence-electron chi connectivity index (χ3n) is 5.41. The Morgan fingerprint density at radius 2 is 1.65 bits per heavy atom. The highest BCUT2D eigenvalue weighted by molar-refractivity contribution is 5.90. The zero-order valence-corrected chi connectivity index (χ0v) is 19.5. The van der Waals surface area contributed by atoms with Crippen molar-refractivity contribution < 1.29 is 24.2 Å². The van der Waals surface area contributed by atoms with Crippen LogP contribution in [0.15, 0.2) is 72.8 Å². The summed E-state index contributed by atoms with van der Waals surface area (Å²) in [7, 11) is 2.98. The molecule has 0 aliphatic carbocycles. The molecule has 0 aliphatic heterocycles. The molecule has 3 aromatic rings. The molecule has 0 fully saturated rings. The first-order valence-electron chi connectivity index (χ1n) is 11.1. The fourth-order valence-corrected chi connectivity index (χ4v) is 3.50. The number of rotatable bonds is 10. The average molecular weight is 463 g/mol. The number of urea groups is 1. The third-order valence-corrected chi connectivity index (χ3v) is 5.41. The number of amides is 2. The molecule has 3 rings (SSSR count). The highest BCUT2D eigenvalue weighted by Gasteiger charge is 2.15. The molecule has 178 valence electrons. The van der Waals surface area contributed by atoms with E-state index in [-0.39, 0.29) is 12.6 Å². The second-order valence-electron chi connectivity index (χ2n) is 7.78. The summed E-state index contributed by atoms with van der Waals surface area (Å²) in [6.45, 7) is 0.947. The molecule has 3 aromatic carbocycles. The van der Waals surface area contributed by atoms with Gasteiger partial charge in [0.2, 0.25) is 0 Å². The monoisotopic (exact) mass is 462 g/mol. The molecular weight excluding hydrogens is 432 g/mol. The highest BCUT2D eigenvalue weighted by atomic mass is 16.5. The van der Waals surface area contributed by atoms with E-state index in [9.17, 15) is 9.59 Å². The van der Waals surface area contributed by atoms with Crippen LogP contribution in [0.3, 0.4) is 0 Å². The van der Waals surface area contributed by atoms with Gasteiger partial charge >= 0.3 is 12.0 Å². The topological polar surface area (TPSA) is 88.1 Å². The molecule has 0 aliphatic rings. The SMILES string of the molecule is COC(=O)c1ccc(CN(CCCCO)C(=O)Nc2ccc(-c3cccc(OC)c3)cc2)cc1. The molecule has 2 N–H and O–H groups in total. The van der Waals surface area contributed by atoms with Crippen LogP contribution in [0.5, 0.6) is 5.75 Å². The van der Waals surface area contributed by atoms with Crippen LogP contribution in [0, 0.1) is 0 Å². The molecular formula is C27H30N2O5. The second kappa shape index (κ2) is 12.4. The van der Waals surface area contributed by atoms with Crippen LogP contribution in [-0.4, -0.2) is 49.4 Å². The number of aliphatic hydroxyl groups excluding tert-OH is 1. The van der Waals surface area contributed by atoms with Crippen LogP contribution in [0.2, 0.25) is 0 Å². The Balaban J connectivity index is 1.69. The number of unbranched alkanes of at least 4 members (excludes halogenated alkanes) is 1. The van der Waals surface area contributed by atoms with Crippen molar-refractivity contribution in [2.24, 2.45) is 0 Å². The fraction of sp³-hybridized carbons (Fsp3) is 0.259. The van der Waals surface area contributed by atoms with Gasteiger partial charge in [0.25, 0.3) is 0 Å². The first-order valence-corrected chi connectivity index (χ1v) is 11.1. The van der Waals surface area contributed by atoms with Gasteiger partial charge in [-0.3, -0.25) is 0 Å². The van der Waals surface area contributed by atoms with Crippen molar-refractivity contribution in [2.75, 3.05) is 32.7 Å². The summed E-state index contributed by atoms with van der Waals surface area (Å²) >= 11 is 0. The number of hydrogen-bond acceptors (Lipinski definition) is 5. The third kappa shape index (κ3) is 6.83. The number of aliphatic hydroxyl groups is 1. The maximum Gasteiger partial charge on any atom is 0.337 e. The van der Waals surface area contributed by atoms with E-state index in [1.54, 1.807) is 24.1 Å². The van der Waals surface area contributed by atoms with Gasteiger partial charge in [-0.2, -0.15) is 0 Å². The van der Waals surface area contributed by atoms with Gasteiger partial charge in [-0.05, 0) is 65.9 Å². The van der Waals surface area contributed by atoms with Gasteiger partial charge in [-0.15, -0.1) is 0 Å². The minimum absolute atomic E-state index is 0.0784. The summed E-state index contributed by atoms with van der Waals surface area (Å²) in [6.07, 6.45) is 1.29. The summed E-state index contributed by atoms with van der Waals surface area (Å²) in [5, 5.41) is 12.1. The Bertz CT molecular complexity index is 1080. The molecule has 34 heavy (non-hydrogen) atoms. The van der Waals surface area contributed by atoms with Crippen molar-refractivity contribution in [3.63, 3.8) is 0 Å². The number of methoxy groups -OCH3 is 2. The van der Waals surface area contributed by atoms with Crippen molar-refractivity contribution >= 4 is 17.7 Å². The van der Waals surface area contributed by atoms with E-state index in [2.05, 4.69) is 5.32 Å². The standard InChI is InChI=1S/C27H30N2O5/c1-33-25-7-5-6-23(18-25)21-12-14-24(15-13-21)28-27(32)29(16-3-4-17-30)19-20-8-10-22(11-9-20)26(31)34-2/h5-15,18,30H,3-4,16-17,19H2,1-2H3,(H,28,32). The largest absolute Gasteiger partial charge is 0.497 e. The van der Waals surface area contributed by atoms with Crippen molar-refractivity contribution in [3.8, 4) is 16.9 Å². The van der Waals surface area contributed by atoms with E-state index >= 15 is 0 Å². The number of anilines is 1. The maximum absolute atomic E-state index is 13.0. The minimum atomic E-state index is -0.401. The van der Waals surface area contributed by atoms with Crippen LogP contribution < -0.4 is 10.1 Å². The van der Waals surface area contributed by atoms with Crippen molar-refractivity contribution in [1.29, 1.82) is 0 Å². The van der Waals surface area contributed by atoms with Gasteiger partial charge in [0.05, 0.1) is 19.8 Å². The van der Waals surface area contributed by atoms with E-state index in [4.69, 9.17) is 14.6 Å². The number of ether oxygens (including phenoxy) is 2. The molecule has 0 spiro atoms. The van der Waals surface area contributed by atoms with Crippen LogP contribution in [0.4, 0.5) is 10.5 Å². The van der Waals surface area contributed by atoms with Gasteiger partial charge in [-0.1, -0.05) is 36.4 Å². The van der Waals surface area contributed by atoms with Gasteiger partial charge in [0, 0.05) is 25.4 Å². The Labute approximate surface area is 199 Å². The normalized spacial score (nSPS) is 10.4. The maximum atomic E-state index is 13.0. The molecule has 0 atom stereocenters. The van der Waals surface area contributed by atoms with Gasteiger partial charge in [0.15, 0.2) is 0 Å². The Hall–Kier alpha value is -3.84. The molecule has 0 aromatic heterocycles. The molecule has 0 saturated heterocycles. The minimum Gasteiger partial charge on any atom is -0.497 e. The molecule has 0 unspecified atom stereocenters. The number of carbonyl (C=O) groups is 2. The van der Waals surface area contributed by atoms with Crippen LogP contribution in [0.1, 0.15) is 28.8 Å². The number of hydrogen-bond donors (Lipinski definition) is 2. The lowest BCUT2D eigenvalue weighted by molar-refractivity contribution is 0.0600. The number of esters is 1. The van der Waals surface area contributed by atoms with E-state index in [0.717, 1.165) is 22.4 Å². The Kier molecular flexibility index (Phi) is 9.05. The molecule has 7 nitrogen and oxygen atoms in total. The lowest BCUT2D eigenvalue weighted by Crippen LogP contribution is -2.35. The second-order valence-corrected chi connectivity index (χ2v) is 7.78. The highest BCUT2D eigenvalue weighted by Crippen LogP contribution is 2.25. The Morgan fingerprint density at radius 1 is 0.912 bits per heavy atom. The molecule has 0 bridgehead atoms. The predicted octanol–water partition coefficient (Wildman–Crippen LogP) is 4.96. The molecule has 0 heterocycles. The van der Waals surface area contributed by atoms with Crippen molar-refractivity contribution in [1.82, 2.24) is 4.90 Å². The van der Waals surface area contributed by atoms with E-state index in [1.165, 1.54) is 7.11 Å². The number of carbonyl (C=O) groups excluding carboxylic acids is 2. The van der Waals surface area contributed by atoms with Gasteiger partial charge in [0.1, 0.15) is 5.75 Å². The fourth-order valence-electron chi connectivity index (χ4n) is 3.50. The first-order chi connectivity index (χ1) is 16.5. The van der Waals surface area contributed by atoms with E-state index in [1.807, 2.05) is 60.7 Å². The Morgan fingerprint density at radius 3 is 2.29 bits per heavy atom. The predicted molar refractivity (Wildman–Crippen MR) is 132 cm³/mol. The lowest BCUT2D eigenvalue weighted by atomic mass is 10.1. The zero-order valence-electron chi connectivity index (χ0n) is 19.5. The summed E-state index contributed by atoms with van der Waals surface area (Å²) in [6, 6.07) is 22.2. The van der Waals surface area contributed by atoms with E-state index < -0.39 is 5.97 Å². The van der Waals surface area contributed by atoms with E-state index in [0.29, 0.717) is 37.2 Å². The smallest absolute Gasteiger partial charge is 0.337 e. The summed E-state index contributed by atoms with van der Waals surface area (Å²) in [5.74, 6) is 0.384. The van der Waals surface area contributed by atoms with Crippen molar-refractivity contribution in [3.05, 3.63) is 83.9 Å². The molecule has 0 radical (unpaired) electrons. The number of benzene rings is 3. The van der Waals surface area contributed by atoms with Crippen LogP contribution >= 0.6 is 0 Å². The number of nitrogens with one attached hydrogen (secondary N) is 1. The quantitative estimate of drug-likeness (QED) is 0.329. The van der Waals surface area contributed by atoms with Gasteiger partial charge in [-0.25, -0.2) is 9.59 Å². The van der Waals surface area contributed by atoms with Crippen molar-refractivity contribution in [2.45, 2.75) is 19.4 Å². The first kappa shape index (κ1) is 24.8. The lowest BCUT2D eigenvalue weighted by Gasteiger charge is -2.23. The zero-order chi connectivity index (χ0) is 24.3. The molecule has 7 heteroatoms. The average Bonchev–Trinajstić information content (AvgIpc) is 2.88.